The highest BCUT2D eigenvalue weighted by molar-refractivity contribution is 5.96. The molecule has 74 valence electrons. The van der Waals surface area contributed by atoms with Gasteiger partial charge in [-0.25, -0.2) is 9.97 Å². The second-order valence-corrected chi connectivity index (χ2v) is 3.03. The highest BCUT2D eigenvalue weighted by Crippen LogP contribution is 2.28. The average molecular weight is 201 g/mol. The predicted octanol–water partition coefficient (Wildman–Crippen LogP) is 1.20. The number of nitrogen functional groups attached to an aromatic ring is 1. The second-order valence-electron chi connectivity index (χ2n) is 3.03. The van der Waals surface area contributed by atoms with Crippen molar-refractivity contribution in [3.8, 4) is 11.5 Å². The van der Waals surface area contributed by atoms with E-state index < -0.39 is 0 Å². The summed E-state index contributed by atoms with van der Waals surface area (Å²) in [5.74, 6) is 1.05. The van der Waals surface area contributed by atoms with Crippen LogP contribution in [-0.4, -0.2) is 20.2 Å². The molecule has 0 bridgehead atoms. The molecule has 0 atom stereocenters. The Morgan fingerprint density at radius 1 is 1.33 bits per heavy atom. The monoisotopic (exact) mass is 201 g/mol. The number of hydrogen-bond acceptors (Lipinski definition) is 5. The third-order valence-corrected chi connectivity index (χ3v) is 2.15. The topological polar surface area (TPSA) is 93.6 Å². The number of H-pyrrole nitrogens is 1. The van der Waals surface area contributed by atoms with Gasteiger partial charge in [0.1, 0.15) is 17.8 Å². The van der Waals surface area contributed by atoms with Gasteiger partial charge >= 0.3 is 0 Å². The molecule has 0 radical (unpaired) electrons. The molecule has 3 aromatic rings. The lowest BCUT2D eigenvalue weighted by molar-refractivity contribution is 0.580. The third-order valence-electron chi connectivity index (χ3n) is 2.15. The first-order valence-corrected chi connectivity index (χ1v) is 4.34. The maximum atomic E-state index is 5.75. The summed E-state index contributed by atoms with van der Waals surface area (Å²) >= 11 is 0. The van der Waals surface area contributed by atoms with Gasteiger partial charge in [-0.15, -0.1) is 0 Å². The second kappa shape index (κ2) is 2.81. The minimum atomic E-state index is 0.389. The molecule has 6 nitrogen and oxygen atoms in total. The van der Waals surface area contributed by atoms with Crippen LogP contribution in [0.15, 0.2) is 29.1 Å². The summed E-state index contributed by atoms with van der Waals surface area (Å²) in [5, 5.41) is 7.54. The maximum Gasteiger partial charge on any atom is 0.186 e. The van der Waals surface area contributed by atoms with Crippen molar-refractivity contribution in [1.29, 1.82) is 0 Å². The van der Waals surface area contributed by atoms with Crippen LogP contribution in [0.5, 0.6) is 0 Å². The Labute approximate surface area is 84.1 Å². The van der Waals surface area contributed by atoms with E-state index in [1.54, 1.807) is 12.3 Å². The van der Waals surface area contributed by atoms with E-state index in [0.29, 0.717) is 28.3 Å². The van der Waals surface area contributed by atoms with E-state index in [-0.39, 0.29) is 0 Å². The zero-order valence-electron chi connectivity index (χ0n) is 7.64. The van der Waals surface area contributed by atoms with Gasteiger partial charge in [-0.3, -0.25) is 5.10 Å². The number of aromatic amines is 1. The number of hydrogen-bond donors (Lipinski definition) is 2. The van der Waals surface area contributed by atoms with Crippen molar-refractivity contribution in [2.24, 2.45) is 0 Å². The fraction of sp³-hybridized carbons (Fsp3) is 0. The van der Waals surface area contributed by atoms with Gasteiger partial charge in [0.2, 0.25) is 0 Å². The summed E-state index contributed by atoms with van der Waals surface area (Å²) in [7, 11) is 0. The van der Waals surface area contributed by atoms with Gasteiger partial charge in [-0.05, 0) is 12.1 Å². The molecule has 3 N–H and O–H groups in total. The molecule has 0 aliphatic heterocycles. The number of rotatable bonds is 1. The Morgan fingerprint density at radius 3 is 3.07 bits per heavy atom. The first-order chi connectivity index (χ1) is 7.36. The number of nitrogens with zero attached hydrogens (tertiary/aromatic N) is 3. The van der Waals surface area contributed by atoms with Gasteiger partial charge in [-0.2, -0.15) is 5.10 Å². The molecule has 0 saturated heterocycles. The molecule has 15 heavy (non-hydrogen) atoms. The molecule has 0 aliphatic rings. The predicted molar refractivity (Wildman–Crippen MR) is 53.8 cm³/mol. The van der Waals surface area contributed by atoms with Crippen molar-refractivity contribution < 1.29 is 4.42 Å². The van der Waals surface area contributed by atoms with Crippen molar-refractivity contribution in [3.05, 3.63) is 24.7 Å². The number of nitrogens with one attached hydrogen (secondary N) is 1. The van der Waals surface area contributed by atoms with Gasteiger partial charge in [0, 0.05) is 0 Å². The van der Waals surface area contributed by atoms with E-state index in [0.717, 1.165) is 0 Å². The van der Waals surface area contributed by atoms with Crippen molar-refractivity contribution >= 4 is 16.9 Å². The molecule has 3 heterocycles. The zero-order chi connectivity index (χ0) is 10.3. The lowest BCUT2D eigenvalue weighted by Crippen LogP contribution is -1.92. The number of nitrogens with two attached hydrogens (primary N) is 1. The largest absolute Gasteiger partial charge is 0.463 e. The molecule has 0 saturated carbocycles. The van der Waals surface area contributed by atoms with Gasteiger partial charge < -0.3 is 10.2 Å². The SMILES string of the molecule is Nc1ncnc2n[nH]c(-c3ccco3)c12. The fourth-order valence-electron chi connectivity index (χ4n) is 1.48. The van der Waals surface area contributed by atoms with E-state index in [1.165, 1.54) is 6.33 Å². The minimum absolute atomic E-state index is 0.389. The van der Waals surface area contributed by atoms with E-state index in [9.17, 15) is 0 Å². The summed E-state index contributed by atoms with van der Waals surface area (Å²) in [6.07, 6.45) is 2.96. The van der Waals surface area contributed by atoms with Crippen LogP contribution in [0.2, 0.25) is 0 Å². The summed E-state index contributed by atoms with van der Waals surface area (Å²) in [5.41, 5.74) is 6.99. The maximum absolute atomic E-state index is 5.75. The van der Waals surface area contributed by atoms with Crippen LogP contribution in [0.1, 0.15) is 0 Å². The van der Waals surface area contributed by atoms with Crippen LogP contribution in [-0.2, 0) is 0 Å². The highest BCUT2D eigenvalue weighted by Gasteiger charge is 2.13. The first-order valence-electron chi connectivity index (χ1n) is 4.34. The summed E-state index contributed by atoms with van der Waals surface area (Å²) in [4.78, 5) is 7.91. The molecule has 0 aromatic carbocycles. The molecule has 0 aliphatic carbocycles. The Bertz CT molecular complexity index is 598. The number of fused-ring (bicyclic) bond motifs is 1. The van der Waals surface area contributed by atoms with Crippen molar-refractivity contribution in [2.75, 3.05) is 5.73 Å². The number of furan rings is 1. The fourth-order valence-corrected chi connectivity index (χ4v) is 1.48. The summed E-state index contributed by atoms with van der Waals surface area (Å²) < 4.78 is 5.26. The smallest absolute Gasteiger partial charge is 0.186 e. The number of aromatic nitrogens is 4. The van der Waals surface area contributed by atoms with Crippen LogP contribution < -0.4 is 5.73 Å². The van der Waals surface area contributed by atoms with E-state index >= 15 is 0 Å². The normalized spacial score (nSPS) is 10.9. The van der Waals surface area contributed by atoms with Crippen LogP contribution in [0.25, 0.3) is 22.5 Å². The third kappa shape index (κ3) is 1.08. The molecule has 3 rings (SSSR count). The average Bonchev–Trinajstić information content (AvgIpc) is 2.85. The zero-order valence-corrected chi connectivity index (χ0v) is 7.64. The van der Waals surface area contributed by atoms with Crippen LogP contribution >= 0.6 is 0 Å². The minimum Gasteiger partial charge on any atom is -0.463 e. The molecule has 0 unspecified atom stereocenters. The molecule has 6 heteroatoms. The number of anilines is 1. The van der Waals surface area contributed by atoms with Crippen molar-refractivity contribution in [2.45, 2.75) is 0 Å². The molecular formula is C9H7N5O. The lowest BCUT2D eigenvalue weighted by Gasteiger charge is -1.95. The van der Waals surface area contributed by atoms with Gasteiger partial charge in [-0.1, -0.05) is 0 Å². The molecule has 0 spiro atoms. The van der Waals surface area contributed by atoms with Gasteiger partial charge in [0.25, 0.3) is 0 Å². The molecule has 0 fully saturated rings. The molecule has 0 amide bonds. The lowest BCUT2D eigenvalue weighted by atomic mass is 10.2. The first kappa shape index (κ1) is 7.98. The Balaban J connectivity index is 2.37. The summed E-state index contributed by atoms with van der Waals surface area (Å²) in [6.45, 7) is 0. The van der Waals surface area contributed by atoms with Gasteiger partial charge in [0.05, 0.1) is 11.6 Å². The van der Waals surface area contributed by atoms with Crippen molar-refractivity contribution in [3.63, 3.8) is 0 Å². The standard InChI is InChI=1S/C9H7N5O/c10-8-6-7(5-2-1-3-15-5)13-14-9(6)12-4-11-8/h1-4H,(H3,10,11,12,13,14). The van der Waals surface area contributed by atoms with Gasteiger partial charge in [0.15, 0.2) is 11.4 Å². The van der Waals surface area contributed by atoms with E-state index in [2.05, 4.69) is 20.2 Å². The van der Waals surface area contributed by atoms with Crippen LogP contribution in [0.3, 0.4) is 0 Å². The van der Waals surface area contributed by atoms with E-state index in [1.807, 2.05) is 6.07 Å². The Hall–Kier alpha value is -2.37. The Morgan fingerprint density at radius 2 is 2.27 bits per heavy atom. The van der Waals surface area contributed by atoms with E-state index in [4.69, 9.17) is 10.2 Å². The summed E-state index contributed by atoms with van der Waals surface area (Å²) in [6, 6.07) is 3.61. The van der Waals surface area contributed by atoms with Crippen LogP contribution in [0.4, 0.5) is 5.82 Å². The molecular weight excluding hydrogens is 194 g/mol. The Kier molecular flexibility index (Phi) is 1.49. The van der Waals surface area contributed by atoms with Crippen molar-refractivity contribution in [1.82, 2.24) is 20.2 Å². The molecule has 3 aromatic heterocycles. The quantitative estimate of drug-likeness (QED) is 0.616. The highest BCUT2D eigenvalue weighted by atomic mass is 16.3. The van der Waals surface area contributed by atoms with Crippen LogP contribution in [0, 0.1) is 0 Å².